The molecule has 0 bridgehead atoms. The Morgan fingerprint density at radius 2 is 1.68 bits per heavy atom. The van der Waals surface area contributed by atoms with Crippen LogP contribution >= 0.6 is 0 Å². The van der Waals surface area contributed by atoms with Crippen molar-refractivity contribution in [2.45, 2.75) is 92.1 Å². The van der Waals surface area contributed by atoms with Crippen LogP contribution in [0.3, 0.4) is 0 Å². The molecule has 0 fully saturated rings. The van der Waals surface area contributed by atoms with Crippen LogP contribution in [-0.2, 0) is 4.74 Å². The highest BCUT2D eigenvalue weighted by molar-refractivity contribution is 4.92. The van der Waals surface area contributed by atoms with Gasteiger partial charge in [0, 0.05) is 13.2 Å². The first-order chi connectivity index (χ1) is 10.3. The minimum atomic E-state index is -0.0153. The summed E-state index contributed by atoms with van der Waals surface area (Å²) < 4.78 is 6.10. The van der Waals surface area contributed by atoms with Gasteiger partial charge in [-0.05, 0) is 71.6 Å². The largest absolute Gasteiger partial charge is 0.396 e. The average Bonchev–Trinajstić information content (AvgIpc) is 2.38. The van der Waals surface area contributed by atoms with Crippen molar-refractivity contribution in [1.82, 2.24) is 0 Å². The zero-order valence-electron chi connectivity index (χ0n) is 16.0. The molecule has 1 N–H and O–H groups in total. The number of hydrogen-bond acceptors (Lipinski definition) is 2. The number of aliphatic hydroxyl groups excluding tert-OH is 1. The summed E-state index contributed by atoms with van der Waals surface area (Å²) in [5, 5.41) is 8.93. The van der Waals surface area contributed by atoms with Gasteiger partial charge in [-0.1, -0.05) is 38.3 Å². The molecule has 0 aromatic rings. The van der Waals surface area contributed by atoms with Crippen molar-refractivity contribution in [3.8, 4) is 0 Å². The van der Waals surface area contributed by atoms with Crippen molar-refractivity contribution in [2.75, 3.05) is 13.2 Å². The third kappa shape index (κ3) is 13.3. The topological polar surface area (TPSA) is 29.5 Å². The Morgan fingerprint density at radius 3 is 2.27 bits per heavy atom. The number of ether oxygens (including phenoxy) is 1. The maximum Gasteiger partial charge on any atom is 0.0626 e. The van der Waals surface area contributed by atoms with E-state index < -0.39 is 0 Å². The summed E-state index contributed by atoms with van der Waals surface area (Å²) in [6.45, 7) is 14.5. The average molecular weight is 313 g/mol. The fourth-order valence-electron chi connectivity index (χ4n) is 2.65. The van der Waals surface area contributed by atoms with Crippen molar-refractivity contribution in [3.05, 3.63) is 11.6 Å². The molecule has 132 valence electrons. The summed E-state index contributed by atoms with van der Waals surface area (Å²) in [7, 11) is 0. The van der Waals surface area contributed by atoms with E-state index in [1.54, 1.807) is 0 Å². The van der Waals surface area contributed by atoms with Gasteiger partial charge in [0.05, 0.1) is 5.60 Å². The second-order valence-corrected chi connectivity index (χ2v) is 7.87. The summed E-state index contributed by atoms with van der Waals surface area (Å²) >= 11 is 0. The summed E-state index contributed by atoms with van der Waals surface area (Å²) in [6, 6.07) is 0. The van der Waals surface area contributed by atoms with Crippen LogP contribution in [0.1, 0.15) is 86.5 Å². The quantitative estimate of drug-likeness (QED) is 0.439. The predicted octanol–water partition coefficient (Wildman–Crippen LogP) is 5.74. The van der Waals surface area contributed by atoms with Crippen LogP contribution in [0.5, 0.6) is 0 Å². The molecule has 0 amide bonds. The van der Waals surface area contributed by atoms with E-state index in [1.807, 2.05) is 0 Å². The molecular weight excluding hydrogens is 272 g/mol. The molecular formula is C20H40O2. The van der Waals surface area contributed by atoms with Crippen molar-refractivity contribution < 1.29 is 9.84 Å². The standard InChI is InChI=1S/C20H40O2/c1-17(2)9-7-10-19(4)13-16-22-20(5,6)14-8-11-18(3)12-15-21/h9,18-19,21H,7-8,10-16H2,1-6H3. The molecule has 2 atom stereocenters. The molecule has 0 saturated carbocycles. The Kier molecular flexibility index (Phi) is 11.9. The fourth-order valence-corrected chi connectivity index (χ4v) is 2.65. The van der Waals surface area contributed by atoms with E-state index in [0.717, 1.165) is 31.8 Å². The lowest BCUT2D eigenvalue weighted by Crippen LogP contribution is -2.25. The first-order valence-corrected chi connectivity index (χ1v) is 9.15. The van der Waals surface area contributed by atoms with Crippen molar-refractivity contribution in [1.29, 1.82) is 0 Å². The lowest BCUT2D eigenvalue weighted by molar-refractivity contribution is -0.0306. The van der Waals surface area contributed by atoms with Gasteiger partial charge in [-0.25, -0.2) is 0 Å². The molecule has 2 heteroatoms. The predicted molar refractivity (Wildman–Crippen MR) is 97.2 cm³/mol. The summed E-state index contributed by atoms with van der Waals surface area (Å²) in [6.07, 6.45) is 10.3. The smallest absolute Gasteiger partial charge is 0.0626 e. The molecule has 2 unspecified atom stereocenters. The van der Waals surface area contributed by atoms with Gasteiger partial charge >= 0.3 is 0 Å². The van der Waals surface area contributed by atoms with E-state index in [9.17, 15) is 0 Å². The number of allylic oxidation sites excluding steroid dienone is 2. The molecule has 0 aromatic heterocycles. The van der Waals surface area contributed by atoms with Gasteiger partial charge in [-0.3, -0.25) is 0 Å². The number of aliphatic hydroxyl groups is 1. The molecule has 0 spiro atoms. The Labute approximate surface area is 139 Å². The Morgan fingerprint density at radius 1 is 1.05 bits per heavy atom. The maximum absolute atomic E-state index is 8.93. The van der Waals surface area contributed by atoms with Crippen LogP contribution in [0.15, 0.2) is 11.6 Å². The first kappa shape index (κ1) is 21.7. The minimum absolute atomic E-state index is 0.0153. The second kappa shape index (κ2) is 12.1. The first-order valence-electron chi connectivity index (χ1n) is 9.15. The summed E-state index contributed by atoms with van der Waals surface area (Å²) in [5.74, 6) is 1.35. The van der Waals surface area contributed by atoms with Crippen LogP contribution in [0.25, 0.3) is 0 Å². The summed E-state index contributed by atoms with van der Waals surface area (Å²) in [4.78, 5) is 0. The Hall–Kier alpha value is -0.340. The second-order valence-electron chi connectivity index (χ2n) is 7.87. The lowest BCUT2D eigenvalue weighted by atomic mass is 9.95. The molecule has 0 aliphatic rings. The van der Waals surface area contributed by atoms with Crippen LogP contribution in [0.4, 0.5) is 0 Å². The van der Waals surface area contributed by atoms with Gasteiger partial charge in [0.2, 0.25) is 0 Å². The number of rotatable bonds is 13. The molecule has 2 nitrogen and oxygen atoms in total. The zero-order valence-corrected chi connectivity index (χ0v) is 16.0. The lowest BCUT2D eigenvalue weighted by Gasteiger charge is -2.26. The van der Waals surface area contributed by atoms with E-state index in [-0.39, 0.29) is 5.60 Å². The van der Waals surface area contributed by atoms with E-state index in [1.165, 1.54) is 31.3 Å². The Balaban J connectivity index is 3.76. The van der Waals surface area contributed by atoms with E-state index >= 15 is 0 Å². The van der Waals surface area contributed by atoms with Crippen LogP contribution in [0, 0.1) is 11.8 Å². The van der Waals surface area contributed by atoms with Gasteiger partial charge in [-0.2, -0.15) is 0 Å². The van der Waals surface area contributed by atoms with E-state index in [4.69, 9.17) is 9.84 Å². The van der Waals surface area contributed by atoms with Crippen LogP contribution in [-0.4, -0.2) is 23.9 Å². The van der Waals surface area contributed by atoms with Crippen molar-refractivity contribution in [3.63, 3.8) is 0 Å². The van der Waals surface area contributed by atoms with Crippen molar-refractivity contribution in [2.24, 2.45) is 11.8 Å². The highest BCUT2D eigenvalue weighted by Gasteiger charge is 2.18. The maximum atomic E-state index is 8.93. The molecule has 0 aliphatic heterocycles. The highest BCUT2D eigenvalue weighted by Crippen LogP contribution is 2.22. The molecule has 22 heavy (non-hydrogen) atoms. The van der Waals surface area contributed by atoms with Gasteiger partial charge < -0.3 is 9.84 Å². The summed E-state index contributed by atoms with van der Waals surface area (Å²) in [5.41, 5.74) is 1.40. The third-order valence-electron chi connectivity index (χ3n) is 4.41. The molecule has 0 aliphatic carbocycles. The normalized spacial score (nSPS) is 14.7. The Bertz CT molecular complexity index is 290. The highest BCUT2D eigenvalue weighted by atomic mass is 16.5. The molecule has 0 saturated heterocycles. The van der Waals surface area contributed by atoms with Crippen LogP contribution in [0.2, 0.25) is 0 Å². The SMILES string of the molecule is CC(C)=CCCC(C)CCOC(C)(C)CCCC(C)CCO. The van der Waals surface area contributed by atoms with E-state index in [2.05, 4.69) is 47.6 Å². The molecule has 0 aromatic carbocycles. The number of hydrogen-bond donors (Lipinski definition) is 1. The monoisotopic (exact) mass is 312 g/mol. The fraction of sp³-hybridized carbons (Fsp3) is 0.900. The minimum Gasteiger partial charge on any atom is -0.396 e. The van der Waals surface area contributed by atoms with Gasteiger partial charge in [0.25, 0.3) is 0 Å². The van der Waals surface area contributed by atoms with Gasteiger partial charge in [0.15, 0.2) is 0 Å². The molecule has 0 rings (SSSR count). The van der Waals surface area contributed by atoms with Crippen molar-refractivity contribution >= 4 is 0 Å². The van der Waals surface area contributed by atoms with Gasteiger partial charge in [-0.15, -0.1) is 0 Å². The van der Waals surface area contributed by atoms with Crippen LogP contribution < -0.4 is 0 Å². The van der Waals surface area contributed by atoms with E-state index in [0.29, 0.717) is 12.5 Å². The van der Waals surface area contributed by atoms with Gasteiger partial charge in [0.1, 0.15) is 0 Å². The third-order valence-corrected chi connectivity index (χ3v) is 4.41. The molecule has 0 radical (unpaired) electrons. The molecule has 0 heterocycles. The zero-order chi connectivity index (χ0) is 17.0.